The third-order valence-corrected chi connectivity index (χ3v) is 5.82. The van der Waals surface area contributed by atoms with Gasteiger partial charge in [0.05, 0.1) is 24.7 Å². The molecular formula is C28H31N7O. The van der Waals surface area contributed by atoms with Gasteiger partial charge in [-0.05, 0) is 43.3 Å². The van der Waals surface area contributed by atoms with Crippen LogP contribution >= 0.6 is 0 Å². The molecule has 0 spiro atoms. The fourth-order valence-electron chi connectivity index (χ4n) is 4.08. The average molecular weight is 482 g/mol. The molecule has 8 heteroatoms. The number of aromatic nitrogens is 5. The van der Waals surface area contributed by atoms with Crippen molar-refractivity contribution in [1.29, 1.82) is 0 Å². The zero-order chi connectivity index (χ0) is 25.5. The lowest BCUT2D eigenvalue weighted by atomic mass is 10.1. The Balaban J connectivity index is 0.000000259. The Morgan fingerprint density at radius 1 is 1.03 bits per heavy atom. The fourth-order valence-corrected chi connectivity index (χ4v) is 4.08. The molecule has 3 aromatic heterocycles. The molecule has 5 aromatic rings. The quantitative estimate of drug-likeness (QED) is 0.380. The van der Waals surface area contributed by atoms with Gasteiger partial charge in [-0.1, -0.05) is 48.5 Å². The van der Waals surface area contributed by atoms with Crippen molar-refractivity contribution in [2.75, 3.05) is 19.1 Å². The monoisotopic (exact) mass is 481 g/mol. The molecule has 6 rings (SSSR count). The van der Waals surface area contributed by atoms with Gasteiger partial charge in [0.1, 0.15) is 11.6 Å². The number of nitrogens with two attached hydrogens (primary N) is 1. The van der Waals surface area contributed by atoms with E-state index in [1.807, 2.05) is 47.1 Å². The standard InChI is InChI=1S/C20H18N6.C7H8O.CH5N/c1-3-17-7-20-23-19(8-18(26(20)24-17)16-9-21-22-10-16)25-11-14-5-4-13(2)6-15(14)12-25;1-8-7-5-3-2-4-6-7;1-2/h3-10H,1,11-12H2,2H3,(H,21,22);2-6H,1H3;2H2,1H3. The van der Waals surface area contributed by atoms with Crippen LogP contribution in [0.15, 0.2) is 79.6 Å². The molecule has 0 saturated carbocycles. The van der Waals surface area contributed by atoms with E-state index in [-0.39, 0.29) is 0 Å². The summed E-state index contributed by atoms with van der Waals surface area (Å²) in [7, 11) is 3.16. The molecule has 1 aliphatic rings. The number of fused-ring (bicyclic) bond motifs is 2. The normalized spacial score (nSPS) is 11.7. The summed E-state index contributed by atoms with van der Waals surface area (Å²) in [5.74, 6) is 1.85. The van der Waals surface area contributed by atoms with Crippen LogP contribution in [-0.2, 0) is 13.1 Å². The van der Waals surface area contributed by atoms with Gasteiger partial charge in [-0.2, -0.15) is 10.2 Å². The highest BCUT2D eigenvalue weighted by Crippen LogP contribution is 2.31. The topological polar surface area (TPSA) is 97.4 Å². The van der Waals surface area contributed by atoms with E-state index < -0.39 is 0 Å². The predicted molar refractivity (Wildman–Crippen MR) is 145 cm³/mol. The van der Waals surface area contributed by atoms with E-state index in [2.05, 4.69) is 63.7 Å². The van der Waals surface area contributed by atoms with Gasteiger partial charge in [-0.15, -0.1) is 0 Å². The number of hydrogen-bond donors (Lipinski definition) is 2. The Labute approximate surface area is 211 Å². The Morgan fingerprint density at radius 3 is 2.47 bits per heavy atom. The average Bonchev–Trinajstić information content (AvgIpc) is 3.69. The van der Waals surface area contributed by atoms with Crippen LogP contribution in [0.25, 0.3) is 23.0 Å². The zero-order valence-corrected chi connectivity index (χ0v) is 20.8. The second-order valence-electron chi connectivity index (χ2n) is 8.18. The number of aryl methyl sites for hydroxylation is 1. The molecule has 0 saturated heterocycles. The number of anilines is 1. The van der Waals surface area contributed by atoms with Crippen LogP contribution in [0.5, 0.6) is 5.75 Å². The molecule has 0 bridgehead atoms. The molecule has 3 N–H and O–H groups in total. The van der Waals surface area contributed by atoms with Gasteiger partial charge in [0.25, 0.3) is 0 Å². The lowest BCUT2D eigenvalue weighted by Gasteiger charge is -2.18. The maximum absolute atomic E-state index is 4.91. The Kier molecular flexibility index (Phi) is 7.77. The van der Waals surface area contributed by atoms with Crippen LogP contribution in [-0.4, -0.2) is 39.0 Å². The number of aromatic amines is 1. The van der Waals surface area contributed by atoms with Gasteiger partial charge in [-0.3, -0.25) is 5.10 Å². The maximum Gasteiger partial charge on any atom is 0.158 e. The maximum atomic E-state index is 4.91. The van der Waals surface area contributed by atoms with E-state index in [1.54, 1.807) is 19.4 Å². The summed E-state index contributed by atoms with van der Waals surface area (Å²) >= 11 is 0. The van der Waals surface area contributed by atoms with Crippen molar-refractivity contribution in [2.45, 2.75) is 20.0 Å². The molecule has 2 aromatic carbocycles. The summed E-state index contributed by atoms with van der Waals surface area (Å²) < 4.78 is 6.76. The highest BCUT2D eigenvalue weighted by molar-refractivity contribution is 5.68. The van der Waals surface area contributed by atoms with Crippen molar-refractivity contribution < 1.29 is 4.74 Å². The van der Waals surface area contributed by atoms with Crippen LogP contribution in [0.2, 0.25) is 0 Å². The molecule has 0 atom stereocenters. The van der Waals surface area contributed by atoms with E-state index in [0.717, 1.165) is 47.3 Å². The number of ether oxygens (including phenoxy) is 1. The van der Waals surface area contributed by atoms with Crippen molar-refractivity contribution in [3.05, 3.63) is 102 Å². The van der Waals surface area contributed by atoms with Crippen LogP contribution < -0.4 is 15.4 Å². The molecular weight excluding hydrogens is 450 g/mol. The lowest BCUT2D eigenvalue weighted by Crippen LogP contribution is -2.17. The van der Waals surface area contributed by atoms with Crippen molar-refractivity contribution >= 4 is 17.5 Å². The molecule has 4 heterocycles. The number of methoxy groups -OCH3 is 1. The third-order valence-electron chi connectivity index (χ3n) is 5.82. The molecule has 0 radical (unpaired) electrons. The summed E-state index contributed by atoms with van der Waals surface area (Å²) in [4.78, 5) is 7.15. The fraction of sp³-hybridized carbons (Fsp3) is 0.179. The van der Waals surface area contributed by atoms with Crippen LogP contribution in [0, 0.1) is 6.92 Å². The van der Waals surface area contributed by atoms with Crippen LogP contribution in [0.4, 0.5) is 5.82 Å². The van der Waals surface area contributed by atoms with Crippen molar-refractivity contribution in [3.63, 3.8) is 0 Å². The summed E-state index contributed by atoms with van der Waals surface area (Å²) in [6, 6.07) is 20.4. The van der Waals surface area contributed by atoms with Crippen LogP contribution in [0.1, 0.15) is 22.4 Å². The van der Waals surface area contributed by atoms with Gasteiger partial charge in [0.2, 0.25) is 0 Å². The summed E-state index contributed by atoms with van der Waals surface area (Å²) in [5, 5.41) is 11.5. The first-order valence-electron chi connectivity index (χ1n) is 11.7. The van der Waals surface area contributed by atoms with Gasteiger partial charge < -0.3 is 15.4 Å². The lowest BCUT2D eigenvalue weighted by molar-refractivity contribution is 0.415. The van der Waals surface area contributed by atoms with E-state index >= 15 is 0 Å². The number of benzene rings is 2. The molecule has 36 heavy (non-hydrogen) atoms. The van der Waals surface area contributed by atoms with E-state index in [1.165, 1.54) is 23.7 Å². The number of hydrogen-bond acceptors (Lipinski definition) is 6. The molecule has 1 aliphatic heterocycles. The molecule has 0 unspecified atom stereocenters. The summed E-state index contributed by atoms with van der Waals surface area (Å²) in [5.41, 5.74) is 12.1. The Hall–Kier alpha value is -4.43. The van der Waals surface area contributed by atoms with Crippen molar-refractivity contribution in [2.24, 2.45) is 5.73 Å². The van der Waals surface area contributed by atoms with Crippen LogP contribution in [0.3, 0.4) is 0 Å². The number of nitrogens with zero attached hydrogens (tertiary/aromatic N) is 5. The largest absolute Gasteiger partial charge is 0.497 e. The highest BCUT2D eigenvalue weighted by atomic mass is 16.5. The second kappa shape index (κ2) is 11.3. The smallest absolute Gasteiger partial charge is 0.158 e. The Morgan fingerprint density at radius 2 is 1.81 bits per heavy atom. The molecule has 0 fully saturated rings. The number of H-pyrrole nitrogens is 1. The van der Waals surface area contributed by atoms with E-state index in [9.17, 15) is 0 Å². The number of nitrogens with one attached hydrogen (secondary N) is 1. The molecule has 184 valence electrons. The molecule has 0 amide bonds. The van der Waals surface area contributed by atoms with E-state index in [0.29, 0.717) is 0 Å². The van der Waals surface area contributed by atoms with Crippen molar-refractivity contribution in [3.8, 4) is 17.0 Å². The van der Waals surface area contributed by atoms with E-state index in [4.69, 9.17) is 9.72 Å². The first kappa shape index (κ1) is 24.7. The number of rotatable bonds is 4. The second-order valence-corrected chi connectivity index (χ2v) is 8.18. The minimum absolute atomic E-state index is 0.805. The minimum atomic E-state index is 0.805. The SMILES string of the molecule is C=Cc1cc2nc(N3Cc4ccc(C)cc4C3)cc(-c3cn[nH]c3)n2n1.CN.COc1ccccc1. The minimum Gasteiger partial charge on any atom is -0.497 e. The highest BCUT2D eigenvalue weighted by Gasteiger charge is 2.22. The van der Waals surface area contributed by atoms with Crippen molar-refractivity contribution in [1.82, 2.24) is 24.8 Å². The molecule has 0 aliphatic carbocycles. The first-order valence-corrected chi connectivity index (χ1v) is 11.7. The zero-order valence-electron chi connectivity index (χ0n) is 20.8. The summed E-state index contributed by atoms with van der Waals surface area (Å²) in [6.45, 7) is 7.69. The first-order chi connectivity index (χ1) is 17.6. The third kappa shape index (κ3) is 5.29. The summed E-state index contributed by atoms with van der Waals surface area (Å²) in [6.07, 6.45) is 5.41. The van der Waals surface area contributed by atoms with Gasteiger partial charge in [0, 0.05) is 37.0 Å². The van der Waals surface area contributed by atoms with Gasteiger partial charge in [0.15, 0.2) is 5.65 Å². The number of para-hydroxylation sites is 1. The Bertz CT molecular complexity index is 1430. The van der Waals surface area contributed by atoms with Gasteiger partial charge >= 0.3 is 0 Å². The van der Waals surface area contributed by atoms with Gasteiger partial charge in [-0.25, -0.2) is 9.50 Å². The predicted octanol–water partition coefficient (Wildman–Crippen LogP) is 4.86. The molecule has 8 nitrogen and oxygen atoms in total.